The largest absolute Gasteiger partial charge is 0.387 e. The van der Waals surface area contributed by atoms with Gasteiger partial charge in [0.05, 0.1) is 18.7 Å². The lowest BCUT2D eigenvalue weighted by molar-refractivity contribution is -0.149. The van der Waals surface area contributed by atoms with Gasteiger partial charge in [0.15, 0.2) is 0 Å². The summed E-state index contributed by atoms with van der Waals surface area (Å²) in [6.45, 7) is 7.95. The van der Waals surface area contributed by atoms with Crippen LogP contribution in [0.4, 0.5) is 0 Å². The number of hydrogen-bond donors (Lipinski definition) is 2. The Morgan fingerprint density at radius 2 is 2.00 bits per heavy atom. The average molecular weight is 285 g/mol. The number of hydrogen-bond acceptors (Lipinski definition) is 4. The van der Waals surface area contributed by atoms with E-state index in [2.05, 4.69) is 5.32 Å². The second-order valence-corrected chi connectivity index (χ2v) is 6.00. The van der Waals surface area contributed by atoms with E-state index >= 15 is 0 Å². The molecule has 0 unspecified atom stereocenters. The van der Waals surface area contributed by atoms with Crippen LogP contribution in [-0.4, -0.2) is 72.1 Å². The number of likely N-dealkylation sites (N-methyl/N-ethyl adjacent to an activating group) is 1. The maximum Gasteiger partial charge on any atom is 0.239 e. The van der Waals surface area contributed by atoms with Gasteiger partial charge in [-0.05, 0) is 12.3 Å². The molecule has 0 radical (unpaired) electrons. The molecule has 6 nitrogen and oxygen atoms in total. The van der Waals surface area contributed by atoms with Gasteiger partial charge in [-0.15, -0.1) is 0 Å². The molecule has 1 rings (SSSR count). The highest BCUT2D eigenvalue weighted by atomic mass is 16.3. The Kier molecular flexibility index (Phi) is 5.95. The maximum absolute atomic E-state index is 12.0. The zero-order valence-electron chi connectivity index (χ0n) is 13.0. The minimum atomic E-state index is -0.669. The number of amides is 2. The van der Waals surface area contributed by atoms with E-state index in [-0.39, 0.29) is 30.8 Å². The van der Waals surface area contributed by atoms with Gasteiger partial charge in [0, 0.05) is 26.7 Å². The molecule has 1 heterocycles. The molecule has 0 spiro atoms. The second-order valence-electron chi connectivity index (χ2n) is 6.00. The predicted molar refractivity (Wildman–Crippen MR) is 77.2 cm³/mol. The van der Waals surface area contributed by atoms with Crippen molar-refractivity contribution in [2.24, 2.45) is 5.92 Å². The van der Waals surface area contributed by atoms with Crippen LogP contribution in [0.3, 0.4) is 0 Å². The normalized spacial score (nSPS) is 17.7. The van der Waals surface area contributed by atoms with E-state index in [0.29, 0.717) is 19.6 Å². The maximum atomic E-state index is 12.0. The minimum Gasteiger partial charge on any atom is -0.387 e. The van der Waals surface area contributed by atoms with Crippen LogP contribution in [0.15, 0.2) is 0 Å². The van der Waals surface area contributed by atoms with Crippen LogP contribution in [0.25, 0.3) is 0 Å². The summed E-state index contributed by atoms with van der Waals surface area (Å²) in [5, 5.41) is 12.9. The minimum absolute atomic E-state index is 0.0844. The highest BCUT2D eigenvalue weighted by molar-refractivity contribution is 5.85. The van der Waals surface area contributed by atoms with Crippen molar-refractivity contribution >= 4 is 11.8 Å². The molecule has 0 aromatic rings. The van der Waals surface area contributed by atoms with Crippen molar-refractivity contribution in [3.05, 3.63) is 0 Å². The molecule has 2 N–H and O–H groups in total. The summed E-state index contributed by atoms with van der Waals surface area (Å²) in [7, 11) is 1.63. The molecule has 0 aromatic heterocycles. The first-order valence-electron chi connectivity index (χ1n) is 7.24. The summed E-state index contributed by atoms with van der Waals surface area (Å²) in [6, 6.07) is 0. The number of likely N-dealkylation sites (tertiary alicyclic amines) is 1. The zero-order chi connectivity index (χ0) is 15.3. The number of β-amino-alcohol motifs (C(OH)–C–C–N with tert-alkyl or cyclic N) is 1. The van der Waals surface area contributed by atoms with Gasteiger partial charge < -0.3 is 15.3 Å². The third-order valence-corrected chi connectivity index (χ3v) is 3.81. The quantitative estimate of drug-likeness (QED) is 0.672. The van der Waals surface area contributed by atoms with Gasteiger partial charge in [0.1, 0.15) is 0 Å². The lowest BCUT2D eigenvalue weighted by atomic mass is 9.83. The van der Waals surface area contributed by atoms with E-state index in [4.69, 9.17) is 0 Å². The lowest BCUT2D eigenvalue weighted by Gasteiger charge is -2.49. The fourth-order valence-electron chi connectivity index (χ4n) is 2.14. The van der Waals surface area contributed by atoms with Gasteiger partial charge in [0.2, 0.25) is 11.8 Å². The van der Waals surface area contributed by atoms with Crippen LogP contribution in [0.5, 0.6) is 0 Å². The summed E-state index contributed by atoms with van der Waals surface area (Å²) in [5.74, 6) is -0.0427. The van der Waals surface area contributed by atoms with E-state index < -0.39 is 5.60 Å². The van der Waals surface area contributed by atoms with Crippen LogP contribution in [0.2, 0.25) is 0 Å². The van der Waals surface area contributed by atoms with Gasteiger partial charge in [-0.25, -0.2) is 0 Å². The van der Waals surface area contributed by atoms with Crippen molar-refractivity contribution in [2.45, 2.75) is 32.8 Å². The van der Waals surface area contributed by atoms with Crippen LogP contribution in [-0.2, 0) is 9.59 Å². The number of nitrogens with zero attached hydrogens (tertiary/aromatic N) is 2. The SMILES string of the molecule is CCCNC(=O)CN(C)C(=O)CN1CC(O)(C(C)C)C1. The van der Waals surface area contributed by atoms with Crippen molar-refractivity contribution in [3.8, 4) is 0 Å². The van der Waals surface area contributed by atoms with Gasteiger partial charge >= 0.3 is 0 Å². The Morgan fingerprint density at radius 3 is 2.50 bits per heavy atom. The summed E-state index contributed by atoms with van der Waals surface area (Å²) >= 11 is 0. The first-order chi connectivity index (χ1) is 9.28. The van der Waals surface area contributed by atoms with Crippen molar-refractivity contribution < 1.29 is 14.7 Å². The number of carbonyl (C=O) groups excluding carboxylic acids is 2. The molecule has 1 aliphatic rings. The number of nitrogens with one attached hydrogen (secondary N) is 1. The second kappa shape index (κ2) is 7.04. The van der Waals surface area contributed by atoms with E-state index in [1.54, 1.807) is 7.05 Å². The van der Waals surface area contributed by atoms with Crippen molar-refractivity contribution in [1.82, 2.24) is 15.1 Å². The Balaban J connectivity index is 2.28. The summed E-state index contributed by atoms with van der Waals surface area (Å²) in [4.78, 5) is 26.8. The van der Waals surface area contributed by atoms with E-state index in [0.717, 1.165) is 6.42 Å². The van der Waals surface area contributed by atoms with Crippen molar-refractivity contribution in [1.29, 1.82) is 0 Å². The summed E-state index contributed by atoms with van der Waals surface area (Å²) in [5.41, 5.74) is -0.669. The third kappa shape index (κ3) is 4.45. The fourth-order valence-corrected chi connectivity index (χ4v) is 2.14. The van der Waals surface area contributed by atoms with Gasteiger partial charge in [-0.2, -0.15) is 0 Å². The Hall–Kier alpha value is -1.14. The first-order valence-corrected chi connectivity index (χ1v) is 7.24. The predicted octanol–water partition coefficient (Wildman–Crippen LogP) is -0.326. The first kappa shape index (κ1) is 16.9. The van der Waals surface area contributed by atoms with Gasteiger partial charge in [-0.1, -0.05) is 20.8 Å². The van der Waals surface area contributed by atoms with Crippen LogP contribution < -0.4 is 5.32 Å². The Morgan fingerprint density at radius 1 is 1.40 bits per heavy atom. The van der Waals surface area contributed by atoms with Crippen molar-refractivity contribution in [2.75, 3.05) is 39.8 Å². The molecular formula is C14H27N3O3. The molecule has 0 bridgehead atoms. The number of carbonyl (C=O) groups is 2. The van der Waals surface area contributed by atoms with Gasteiger partial charge in [0.25, 0.3) is 0 Å². The molecule has 2 amide bonds. The molecule has 20 heavy (non-hydrogen) atoms. The smallest absolute Gasteiger partial charge is 0.239 e. The number of rotatable bonds is 7. The van der Waals surface area contributed by atoms with Crippen LogP contribution in [0, 0.1) is 5.92 Å². The molecule has 116 valence electrons. The highest BCUT2D eigenvalue weighted by Crippen LogP contribution is 2.28. The average Bonchev–Trinajstić information content (AvgIpc) is 2.33. The van der Waals surface area contributed by atoms with E-state index in [1.807, 2.05) is 25.7 Å². The Labute approximate surface area is 121 Å². The number of aliphatic hydroxyl groups is 1. The molecule has 1 fully saturated rings. The third-order valence-electron chi connectivity index (χ3n) is 3.81. The lowest BCUT2D eigenvalue weighted by Crippen LogP contribution is -2.65. The topological polar surface area (TPSA) is 72.9 Å². The zero-order valence-corrected chi connectivity index (χ0v) is 13.0. The van der Waals surface area contributed by atoms with E-state index in [9.17, 15) is 14.7 Å². The Bertz CT molecular complexity index is 352. The standard InChI is InChI=1S/C14H27N3O3/c1-5-6-15-12(18)7-16(4)13(19)8-17-9-14(20,10-17)11(2)3/h11,20H,5-10H2,1-4H3,(H,15,18). The summed E-state index contributed by atoms with van der Waals surface area (Å²) in [6.07, 6.45) is 0.880. The fraction of sp³-hybridized carbons (Fsp3) is 0.857. The molecule has 6 heteroatoms. The highest BCUT2D eigenvalue weighted by Gasteiger charge is 2.44. The summed E-state index contributed by atoms with van der Waals surface area (Å²) < 4.78 is 0. The molecule has 1 saturated heterocycles. The molecule has 1 aliphatic heterocycles. The monoisotopic (exact) mass is 285 g/mol. The molecular weight excluding hydrogens is 258 g/mol. The molecule has 0 atom stereocenters. The molecule has 0 aromatic carbocycles. The van der Waals surface area contributed by atoms with E-state index in [1.165, 1.54) is 4.90 Å². The van der Waals surface area contributed by atoms with Crippen molar-refractivity contribution in [3.63, 3.8) is 0 Å². The van der Waals surface area contributed by atoms with Crippen LogP contribution in [0.1, 0.15) is 27.2 Å². The van der Waals surface area contributed by atoms with Crippen LogP contribution >= 0.6 is 0 Å². The molecule has 0 saturated carbocycles. The molecule has 0 aliphatic carbocycles. The van der Waals surface area contributed by atoms with Gasteiger partial charge in [-0.3, -0.25) is 14.5 Å².